The van der Waals surface area contributed by atoms with Gasteiger partial charge in [0.05, 0.1) is 35.2 Å². The van der Waals surface area contributed by atoms with Crippen LogP contribution in [0.2, 0.25) is 0 Å². The molecular weight excluding hydrogens is 474 g/mol. The summed E-state index contributed by atoms with van der Waals surface area (Å²) in [4.78, 5) is 44.6. The average Bonchev–Trinajstić information content (AvgIpc) is 3.52. The van der Waals surface area contributed by atoms with Crippen LogP contribution < -0.4 is 5.32 Å². The lowest BCUT2D eigenvalue weighted by molar-refractivity contribution is -0.139. The summed E-state index contributed by atoms with van der Waals surface area (Å²) >= 11 is 0. The molecule has 3 heterocycles. The Morgan fingerprint density at radius 3 is 2.18 bits per heavy atom. The van der Waals surface area contributed by atoms with E-state index < -0.39 is 6.04 Å². The van der Waals surface area contributed by atoms with Crippen molar-refractivity contribution >= 4 is 23.4 Å². The SMILES string of the molecule is O=C([C@H]1CCCC[C@H]1N1C(=O)c2ccccc2C1=O)N1CC[C@H]2[C@H](c3ccccc3)Nc3ccccc3[C@@H]21. The number of amides is 3. The van der Waals surface area contributed by atoms with Gasteiger partial charge in [-0.25, -0.2) is 0 Å². The second-order valence-electron chi connectivity index (χ2n) is 11.0. The molecule has 3 aliphatic heterocycles. The van der Waals surface area contributed by atoms with E-state index in [4.69, 9.17) is 0 Å². The molecule has 6 heteroatoms. The molecule has 3 amide bonds. The van der Waals surface area contributed by atoms with E-state index in [2.05, 4.69) is 46.6 Å². The highest BCUT2D eigenvalue weighted by atomic mass is 16.2. The van der Waals surface area contributed by atoms with Gasteiger partial charge in [0.15, 0.2) is 0 Å². The van der Waals surface area contributed by atoms with Crippen LogP contribution in [0.5, 0.6) is 0 Å². The minimum Gasteiger partial charge on any atom is -0.378 e. The lowest BCUT2D eigenvalue weighted by atomic mass is 9.79. The molecule has 192 valence electrons. The van der Waals surface area contributed by atoms with Crippen LogP contribution in [0.3, 0.4) is 0 Å². The topological polar surface area (TPSA) is 69.7 Å². The number of imide groups is 1. The summed E-state index contributed by atoms with van der Waals surface area (Å²) in [6, 6.07) is 25.5. The second-order valence-corrected chi connectivity index (χ2v) is 11.0. The van der Waals surface area contributed by atoms with Crippen molar-refractivity contribution in [3.05, 3.63) is 101 Å². The maximum Gasteiger partial charge on any atom is 0.261 e. The first kappa shape index (κ1) is 23.2. The van der Waals surface area contributed by atoms with Crippen molar-refractivity contribution in [1.29, 1.82) is 0 Å². The molecule has 1 N–H and O–H groups in total. The Labute approximate surface area is 222 Å². The van der Waals surface area contributed by atoms with Crippen LogP contribution >= 0.6 is 0 Å². The number of hydrogen-bond acceptors (Lipinski definition) is 4. The number of rotatable bonds is 3. The molecule has 6 nitrogen and oxygen atoms in total. The lowest BCUT2D eigenvalue weighted by Gasteiger charge is -2.43. The van der Waals surface area contributed by atoms with Gasteiger partial charge in [-0.3, -0.25) is 19.3 Å². The van der Waals surface area contributed by atoms with Gasteiger partial charge in [0.2, 0.25) is 5.91 Å². The zero-order valence-electron chi connectivity index (χ0n) is 21.3. The lowest BCUT2D eigenvalue weighted by Crippen LogP contribution is -2.52. The molecule has 4 aliphatic rings. The number of carbonyl (C=O) groups is 3. The van der Waals surface area contributed by atoms with Crippen molar-refractivity contribution in [2.24, 2.45) is 11.8 Å². The third-order valence-corrected chi connectivity index (χ3v) is 9.11. The highest BCUT2D eigenvalue weighted by molar-refractivity contribution is 6.21. The smallest absolute Gasteiger partial charge is 0.261 e. The summed E-state index contributed by atoms with van der Waals surface area (Å²) < 4.78 is 0. The van der Waals surface area contributed by atoms with Crippen LogP contribution in [0.25, 0.3) is 0 Å². The van der Waals surface area contributed by atoms with Gasteiger partial charge in [0, 0.05) is 18.2 Å². The molecule has 1 saturated carbocycles. The van der Waals surface area contributed by atoms with Crippen molar-refractivity contribution in [2.75, 3.05) is 11.9 Å². The van der Waals surface area contributed by atoms with E-state index in [1.807, 2.05) is 18.2 Å². The monoisotopic (exact) mass is 505 g/mol. The van der Waals surface area contributed by atoms with Crippen LogP contribution in [0, 0.1) is 11.8 Å². The predicted molar refractivity (Wildman–Crippen MR) is 144 cm³/mol. The molecule has 0 spiro atoms. The second kappa shape index (κ2) is 9.12. The third kappa shape index (κ3) is 3.50. The first-order chi connectivity index (χ1) is 18.6. The molecule has 3 aromatic carbocycles. The Bertz CT molecular complexity index is 1390. The van der Waals surface area contributed by atoms with E-state index >= 15 is 0 Å². The molecule has 3 aromatic rings. The van der Waals surface area contributed by atoms with Crippen LogP contribution in [-0.2, 0) is 4.79 Å². The van der Waals surface area contributed by atoms with E-state index in [1.54, 1.807) is 24.3 Å². The predicted octanol–water partition coefficient (Wildman–Crippen LogP) is 5.60. The molecule has 0 radical (unpaired) electrons. The van der Waals surface area contributed by atoms with Gasteiger partial charge in [0.25, 0.3) is 11.8 Å². The van der Waals surface area contributed by atoms with E-state index in [0.29, 0.717) is 30.5 Å². The number of benzene rings is 3. The zero-order chi connectivity index (χ0) is 25.8. The first-order valence-electron chi connectivity index (χ1n) is 13.8. The molecule has 0 unspecified atom stereocenters. The molecule has 1 aliphatic carbocycles. The highest BCUT2D eigenvalue weighted by Crippen LogP contribution is 2.52. The van der Waals surface area contributed by atoms with Gasteiger partial charge in [-0.2, -0.15) is 0 Å². The van der Waals surface area contributed by atoms with Crippen LogP contribution in [0.4, 0.5) is 5.69 Å². The number of likely N-dealkylation sites (tertiary alicyclic amines) is 1. The molecule has 2 fully saturated rings. The fourth-order valence-electron chi connectivity index (χ4n) is 7.39. The average molecular weight is 506 g/mol. The summed E-state index contributed by atoms with van der Waals surface area (Å²) in [6.45, 7) is 0.679. The maximum atomic E-state index is 14.4. The number of carbonyl (C=O) groups excluding carboxylic acids is 3. The fraction of sp³-hybridized carbons (Fsp3) is 0.344. The van der Waals surface area contributed by atoms with E-state index in [1.165, 1.54) is 10.5 Å². The van der Waals surface area contributed by atoms with Gasteiger partial charge in [-0.15, -0.1) is 0 Å². The van der Waals surface area contributed by atoms with Gasteiger partial charge in [0.1, 0.15) is 0 Å². The fourth-order valence-corrected chi connectivity index (χ4v) is 7.39. The Balaban J connectivity index is 1.22. The molecule has 0 bridgehead atoms. The Morgan fingerprint density at radius 2 is 1.42 bits per heavy atom. The molecule has 38 heavy (non-hydrogen) atoms. The van der Waals surface area contributed by atoms with Crippen LogP contribution in [0.1, 0.15) is 76.0 Å². The summed E-state index contributed by atoms with van der Waals surface area (Å²) in [5.74, 6) is -0.557. The van der Waals surface area contributed by atoms with Crippen molar-refractivity contribution in [3.8, 4) is 0 Å². The number of anilines is 1. The van der Waals surface area contributed by atoms with Gasteiger partial charge in [-0.1, -0.05) is 73.5 Å². The zero-order valence-corrected chi connectivity index (χ0v) is 21.3. The van der Waals surface area contributed by atoms with Gasteiger partial charge < -0.3 is 10.2 Å². The normalized spacial score (nSPS) is 27.9. The molecular formula is C32H31N3O3. The van der Waals surface area contributed by atoms with Gasteiger partial charge in [-0.05, 0) is 48.6 Å². The maximum absolute atomic E-state index is 14.4. The number of nitrogens with one attached hydrogen (secondary N) is 1. The Hall–Kier alpha value is -3.93. The Kier molecular flexibility index (Phi) is 5.57. The third-order valence-electron chi connectivity index (χ3n) is 9.11. The summed E-state index contributed by atoms with van der Waals surface area (Å²) in [7, 11) is 0. The van der Waals surface area contributed by atoms with Crippen LogP contribution in [-0.4, -0.2) is 40.1 Å². The molecule has 7 rings (SSSR count). The highest BCUT2D eigenvalue weighted by Gasteiger charge is 2.51. The van der Waals surface area contributed by atoms with Crippen molar-refractivity contribution < 1.29 is 14.4 Å². The standard InChI is InChI=1S/C32H31N3O3/c36-30(24-15-7-9-17-27(24)35-31(37)21-12-4-5-13-22(21)32(35)38)34-19-18-25-28(20-10-2-1-3-11-20)33-26-16-8-6-14-23(26)29(25)34/h1-6,8,10-14,16,24-25,27-29,33H,7,9,15,17-19H2/t24-,25-,27+,28-,29-/m0/s1. The number of fused-ring (bicyclic) bond motifs is 4. The minimum atomic E-state index is -0.399. The molecule has 5 atom stereocenters. The quantitative estimate of drug-likeness (QED) is 0.471. The minimum absolute atomic E-state index is 0.0325. The Morgan fingerprint density at radius 1 is 0.763 bits per heavy atom. The molecule has 1 saturated heterocycles. The molecule has 0 aromatic heterocycles. The largest absolute Gasteiger partial charge is 0.378 e. The van der Waals surface area contributed by atoms with Crippen LogP contribution in [0.15, 0.2) is 78.9 Å². The van der Waals surface area contributed by atoms with E-state index in [-0.39, 0.29) is 41.6 Å². The van der Waals surface area contributed by atoms with Gasteiger partial charge >= 0.3 is 0 Å². The summed E-state index contributed by atoms with van der Waals surface area (Å²) in [5, 5.41) is 3.76. The number of nitrogens with zero attached hydrogens (tertiary/aromatic N) is 2. The summed E-state index contributed by atoms with van der Waals surface area (Å²) in [5.41, 5.74) is 4.36. The number of para-hydroxylation sites is 1. The summed E-state index contributed by atoms with van der Waals surface area (Å²) in [6.07, 6.45) is 4.13. The van der Waals surface area contributed by atoms with E-state index in [0.717, 1.165) is 30.5 Å². The van der Waals surface area contributed by atoms with Crippen molar-refractivity contribution in [1.82, 2.24) is 9.80 Å². The van der Waals surface area contributed by atoms with Crippen molar-refractivity contribution in [2.45, 2.75) is 50.2 Å². The van der Waals surface area contributed by atoms with E-state index in [9.17, 15) is 14.4 Å². The number of hydrogen-bond donors (Lipinski definition) is 1. The van der Waals surface area contributed by atoms with Crippen molar-refractivity contribution in [3.63, 3.8) is 0 Å². The first-order valence-corrected chi connectivity index (χ1v) is 13.8.